The lowest BCUT2D eigenvalue weighted by Gasteiger charge is -2.02. The normalized spacial score (nSPS) is 11.3. The molecule has 1 aromatic rings. The molecule has 0 amide bonds. The summed E-state index contributed by atoms with van der Waals surface area (Å²) in [6, 6.07) is 1.98. The Morgan fingerprint density at radius 1 is 1.40 bits per heavy atom. The molecule has 5 heteroatoms. The van der Waals surface area contributed by atoms with Crippen LogP contribution in [0.1, 0.15) is 12.5 Å². The Morgan fingerprint density at radius 2 is 2.00 bits per heavy atom. The number of benzene rings is 1. The average Bonchev–Trinajstić information content (AvgIpc) is 2.14. The predicted molar refractivity (Wildman–Crippen MR) is 51.0 cm³/mol. The number of rotatable bonds is 2. The van der Waals surface area contributed by atoms with Crippen molar-refractivity contribution in [2.45, 2.75) is 13.8 Å². The van der Waals surface area contributed by atoms with Crippen LogP contribution >= 0.6 is 0 Å². The van der Waals surface area contributed by atoms with Crippen LogP contribution in [0.3, 0.4) is 0 Å². The second-order valence-corrected chi connectivity index (χ2v) is 2.90. The number of hydrogen-bond acceptors (Lipinski definition) is 3. The third kappa shape index (κ3) is 2.83. The first kappa shape index (κ1) is 11.3. The summed E-state index contributed by atoms with van der Waals surface area (Å²) in [4.78, 5) is 13.8. The highest BCUT2D eigenvalue weighted by atomic mass is 19.2. The van der Waals surface area contributed by atoms with Gasteiger partial charge in [0.2, 0.25) is 0 Å². The fourth-order valence-electron chi connectivity index (χ4n) is 1.02. The molecule has 0 fully saturated rings. The van der Waals surface area contributed by atoms with Gasteiger partial charge >= 0.3 is 0 Å². The van der Waals surface area contributed by atoms with Gasteiger partial charge in [-0.25, -0.2) is 13.8 Å². The topological polar surface area (TPSA) is 38.7 Å². The van der Waals surface area contributed by atoms with Crippen LogP contribution in [-0.2, 0) is 9.53 Å². The maximum Gasteiger partial charge on any atom is 0.299 e. The van der Waals surface area contributed by atoms with Gasteiger partial charge in [0.25, 0.3) is 6.47 Å². The van der Waals surface area contributed by atoms with Crippen molar-refractivity contribution in [2.75, 3.05) is 0 Å². The summed E-state index contributed by atoms with van der Waals surface area (Å²) in [6.45, 7) is 3.23. The lowest BCUT2D eigenvalue weighted by atomic mass is 10.2. The van der Waals surface area contributed by atoms with Crippen molar-refractivity contribution >= 4 is 18.1 Å². The number of ether oxygens (including phenoxy) is 1. The molecule has 0 unspecified atom stereocenters. The van der Waals surface area contributed by atoms with Gasteiger partial charge in [-0.3, -0.25) is 4.79 Å². The van der Waals surface area contributed by atoms with Gasteiger partial charge in [-0.15, -0.1) is 0 Å². The average molecular weight is 213 g/mol. The first-order chi connectivity index (χ1) is 7.04. The molecule has 0 heterocycles. The smallest absolute Gasteiger partial charge is 0.299 e. The van der Waals surface area contributed by atoms with Crippen LogP contribution < -0.4 is 0 Å². The van der Waals surface area contributed by atoms with E-state index >= 15 is 0 Å². The molecule has 80 valence electrons. The standard InChI is InChI=1S/C10H9F2NO2/c1-6-3-8(11)9(12)4-10(6)13-7(2)15-5-14/h3-5H,1-2H3. The minimum absolute atomic E-state index is 0.0686. The quantitative estimate of drug-likeness (QED) is 0.430. The van der Waals surface area contributed by atoms with Crippen molar-refractivity contribution in [1.29, 1.82) is 0 Å². The molecule has 0 saturated carbocycles. The van der Waals surface area contributed by atoms with E-state index in [1.807, 2.05) is 0 Å². The van der Waals surface area contributed by atoms with Crippen LogP contribution in [0, 0.1) is 18.6 Å². The SMILES string of the molecule is CC(=Nc1cc(F)c(F)cc1C)OC=O. The summed E-state index contributed by atoms with van der Waals surface area (Å²) in [5.41, 5.74) is 0.691. The van der Waals surface area contributed by atoms with E-state index in [1.165, 1.54) is 6.92 Å². The van der Waals surface area contributed by atoms with Crippen molar-refractivity contribution in [2.24, 2.45) is 4.99 Å². The molecule has 0 bridgehead atoms. The zero-order chi connectivity index (χ0) is 11.4. The zero-order valence-corrected chi connectivity index (χ0v) is 8.25. The molecule has 0 N–H and O–H groups in total. The molecular weight excluding hydrogens is 204 g/mol. The fourth-order valence-corrected chi connectivity index (χ4v) is 1.02. The van der Waals surface area contributed by atoms with Crippen molar-refractivity contribution in [3.63, 3.8) is 0 Å². The molecule has 0 atom stereocenters. The Hall–Kier alpha value is -1.78. The van der Waals surface area contributed by atoms with E-state index in [2.05, 4.69) is 9.73 Å². The van der Waals surface area contributed by atoms with Crippen LogP contribution in [-0.4, -0.2) is 12.4 Å². The van der Waals surface area contributed by atoms with Gasteiger partial charge in [0.05, 0.1) is 5.69 Å². The van der Waals surface area contributed by atoms with E-state index in [1.54, 1.807) is 6.92 Å². The number of carbonyl (C=O) groups is 1. The van der Waals surface area contributed by atoms with Crippen LogP contribution in [0.15, 0.2) is 17.1 Å². The Bertz CT molecular complexity index is 416. The lowest BCUT2D eigenvalue weighted by Crippen LogP contribution is -1.96. The van der Waals surface area contributed by atoms with E-state index in [9.17, 15) is 13.6 Å². The maximum atomic E-state index is 12.8. The van der Waals surface area contributed by atoms with E-state index in [-0.39, 0.29) is 18.1 Å². The highest BCUT2D eigenvalue weighted by molar-refractivity contribution is 5.82. The van der Waals surface area contributed by atoms with E-state index in [0.717, 1.165) is 12.1 Å². The summed E-state index contributed by atoms with van der Waals surface area (Å²) in [5, 5.41) is 0. The highest BCUT2D eigenvalue weighted by Gasteiger charge is 2.06. The molecule has 1 aromatic carbocycles. The number of halogens is 2. The minimum Gasteiger partial charge on any atom is -0.414 e. The van der Waals surface area contributed by atoms with Crippen LogP contribution in [0.2, 0.25) is 0 Å². The molecule has 0 aliphatic carbocycles. The van der Waals surface area contributed by atoms with Gasteiger partial charge in [0.1, 0.15) is 0 Å². The first-order valence-corrected chi connectivity index (χ1v) is 4.16. The number of nitrogens with zero attached hydrogens (tertiary/aromatic N) is 1. The summed E-state index contributed by atoms with van der Waals surface area (Å²) < 4.78 is 30.0. The van der Waals surface area contributed by atoms with Gasteiger partial charge in [-0.2, -0.15) is 0 Å². The molecule has 0 radical (unpaired) electrons. The van der Waals surface area contributed by atoms with Crippen LogP contribution in [0.4, 0.5) is 14.5 Å². The van der Waals surface area contributed by atoms with Crippen LogP contribution in [0.5, 0.6) is 0 Å². The number of hydrogen-bond donors (Lipinski definition) is 0. The van der Waals surface area contributed by atoms with Crippen molar-refractivity contribution in [3.8, 4) is 0 Å². The third-order valence-corrected chi connectivity index (χ3v) is 1.74. The Balaban J connectivity index is 3.10. The van der Waals surface area contributed by atoms with Gasteiger partial charge in [-0.1, -0.05) is 0 Å². The Labute approximate surface area is 85.4 Å². The van der Waals surface area contributed by atoms with Crippen molar-refractivity contribution < 1.29 is 18.3 Å². The minimum atomic E-state index is -0.988. The fraction of sp³-hybridized carbons (Fsp3) is 0.200. The summed E-state index contributed by atoms with van der Waals surface area (Å²) in [7, 11) is 0. The lowest BCUT2D eigenvalue weighted by molar-refractivity contribution is -0.121. The Kier molecular flexibility index (Phi) is 3.49. The first-order valence-electron chi connectivity index (χ1n) is 4.16. The summed E-state index contributed by atoms with van der Waals surface area (Å²) >= 11 is 0. The largest absolute Gasteiger partial charge is 0.414 e. The molecular formula is C10H9F2NO2. The molecule has 3 nitrogen and oxygen atoms in total. The summed E-state index contributed by atoms with van der Waals surface area (Å²) in [5.74, 6) is -1.85. The second kappa shape index (κ2) is 4.63. The monoisotopic (exact) mass is 213 g/mol. The number of aliphatic imine (C=N–C) groups is 1. The van der Waals surface area contributed by atoms with Gasteiger partial charge < -0.3 is 4.74 Å². The number of aryl methyl sites for hydroxylation is 1. The summed E-state index contributed by atoms with van der Waals surface area (Å²) in [6.07, 6.45) is 0. The van der Waals surface area contributed by atoms with Crippen LogP contribution in [0.25, 0.3) is 0 Å². The zero-order valence-electron chi connectivity index (χ0n) is 8.25. The predicted octanol–water partition coefficient (Wildman–Crippen LogP) is 2.50. The molecule has 0 aliphatic rings. The molecule has 0 spiro atoms. The molecule has 0 aliphatic heterocycles. The van der Waals surface area contributed by atoms with E-state index in [0.29, 0.717) is 5.56 Å². The van der Waals surface area contributed by atoms with Crippen molar-refractivity contribution in [3.05, 3.63) is 29.3 Å². The third-order valence-electron chi connectivity index (χ3n) is 1.74. The highest BCUT2D eigenvalue weighted by Crippen LogP contribution is 2.22. The van der Waals surface area contributed by atoms with Gasteiger partial charge in [0, 0.05) is 13.0 Å². The molecule has 0 aromatic heterocycles. The van der Waals surface area contributed by atoms with E-state index in [4.69, 9.17) is 0 Å². The number of carbonyl (C=O) groups excluding carboxylic acids is 1. The van der Waals surface area contributed by atoms with Gasteiger partial charge in [-0.05, 0) is 18.6 Å². The van der Waals surface area contributed by atoms with Crippen molar-refractivity contribution in [1.82, 2.24) is 0 Å². The molecule has 0 saturated heterocycles. The van der Waals surface area contributed by atoms with E-state index < -0.39 is 11.6 Å². The molecule has 1 rings (SSSR count). The Morgan fingerprint density at radius 3 is 2.60 bits per heavy atom. The second-order valence-electron chi connectivity index (χ2n) is 2.90. The molecule has 15 heavy (non-hydrogen) atoms. The van der Waals surface area contributed by atoms with Gasteiger partial charge in [0.15, 0.2) is 17.5 Å². The maximum absolute atomic E-state index is 12.8.